The summed E-state index contributed by atoms with van der Waals surface area (Å²) in [6.45, 7) is 3.92. The Hall–Kier alpha value is -1.86. The molecule has 1 fully saturated rings. The molecule has 0 aliphatic carbocycles. The molecule has 0 saturated carbocycles. The fourth-order valence-electron chi connectivity index (χ4n) is 2.72. The van der Waals surface area contributed by atoms with Crippen LogP contribution < -0.4 is 5.32 Å². The van der Waals surface area contributed by atoms with E-state index in [0.29, 0.717) is 6.54 Å². The quantitative estimate of drug-likeness (QED) is 0.912. The Morgan fingerprint density at radius 3 is 3.23 bits per heavy atom. The van der Waals surface area contributed by atoms with Gasteiger partial charge in [0, 0.05) is 30.7 Å². The molecule has 1 unspecified atom stereocenters. The van der Waals surface area contributed by atoms with Gasteiger partial charge in [-0.15, -0.1) is 11.3 Å². The van der Waals surface area contributed by atoms with Crippen LogP contribution in [-0.2, 0) is 17.9 Å². The average Bonchev–Trinajstić information content (AvgIpc) is 3.18. The number of amides is 1. The molecule has 1 aliphatic heterocycles. The van der Waals surface area contributed by atoms with E-state index in [1.807, 2.05) is 17.8 Å². The van der Waals surface area contributed by atoms with E-state index in [-0.39, 0.29) is 11.9 Å². The van der Waals surface area contributed by atoms with E-state index in [0.717, 1.165) is 37.4 Å². The zero-order valence-corrected chi connectivity index (χ0v) is 13.3. The van der Waals surface area contributed by atoms with Crippen molar-refractivity contribution in [2.24, 2.45) is 0 Å². The molecule has 3 heterocycles. The Morgan fingerprint density at radius 1 is 1.55 bits per heavy atom. The first-order valence-electron chi connectivity index (χ1n) is 7.40. The summed E-state index contributed by atoms with van der Waals surface area (Å²) in [5.41, 5.74) is 2.72. The number of thiazole rings is 1. The van der Waals surface area contributed by atoms with Crippen LogP contribution in [0, 0.1) is 0 Å². The highest BCUT2D eigenvalue weighted by atomic mass is 32.1. The van der Waals surface area contributed by atoms with Gasteiger partial charge in [-0.25, -0.2) is 9.97 Å². The maximum atomic E-state index is 11.0. The van der Waals surface area contributed by atoms with Crippen LogP contribution >= 0.6 is 11.3 Å². The van der Waals surface area contributed by atoms with Gasteiger partial charge in [-0.2, -0.15) is 0 Å². The summed E-state index contributed by atoms with van der Waals surface area (Å²) in [5, 5.41) is 2.78. The van der Waals surface area contributed by atoms with Gasteiger partial charge in [0.05, 0.1) is 23.8 Å². The molecule has 3 rings (SSSR count). The molecule has 0 radical (unpaired) electrons. The molecule has 0 aromatic carbocycles. The Labute approximate surface area is 133 Å². The predicted octanol–water partition coefficient (Wildman–Crippen LogP) is 1.91. The van der Waals surface area contributed by atoms with Crippen molar-refractivity contribution < 1.29 is 4.79 Å². The predicted molar refractivity (Wildman–Crippen MR) is 84.1 cm³/mol. The standard InChI is InChI=1S/C15H19N5OS/c1-11(21)18-7-12-4-5-17-15(19-12)14-3-2-6-20(14)9-13-8-16-10-22-13/h4-5,8,10,14H,2-3,6-7,9H2,1H3,(H,18,21). The van der Waals surface area contributed by atoms with Gasteiger partial charge in [-0.05, 0) is 25.5 Å². The van der Waals surface area contributed by atoms with Crippen LogP contribution in [-0.4, -0.2) is 32.3 Å². The molecule has 0 spiro atoms. The molecule has 116 valence electrons. The monoisotopic (exact) mass is 317 g/mol. The van der Waals surface area contributed by atoms with Gasteiger partial charge in [-0.1, -0.05) is 0 Å². The molecule has 6 nitrogen and oxygen atoms in total. The maximum Gasteiger partial charge on any atom is 0.217 e. The zero-order chi connectivity index (χ0) is 15.4. The van der Waals surface area contributed by atoms with Gasteiger partial charge in [0.15, 0.2) is 0 Å². The van der Waals surface area contributed by atoms with E-state index < -0.39 is 0 Å². The number of hydrogen-bond acceptors (Lipinski definition) is 6. The van der Waals surface area contributed by atoms with E-state index in [1.54, 1.807) is 17.5 Å². The molecule has 0 bridgehead atoms. The number of aromatic nitrogens is 3. The van der Waals surface area contributed by atoms with E-state index in [9.17, 15) is 4.79 Å². The van der Waals surface area contributed by atoms with Crippen molar-refractivity contribution in [2.75, 3.05) is 6.54 Å². The lowest BCUT2D eigenvalue weighted by molar-refractivity contribution is -0.119. The summed E-state index contributed by atoms with van der Waals surface area (Å²) in [5.74, 6) is 0.803. The van der Waals surface area contributed by atoms with Crippen molar-refractivity contribution in [3.05, 3.63) is 40.4 Å². The highest BCUT2D eigenvalue weighted by molar-refractivity contribution is 7.09. The topological polar surface area (TPSA) is 71.0 Å². The van der Waals surface area contributed by atoms with E-state index in [2.05, 4.69) is 25.2 Å². The minimum atomic E-state index is -0.0483. The number of carbonyl (C=O) groups is 1. The van der Waals surface area contributed by atoms with Crippen molar-refractivity contribution in [2.45, 2.75) is 38.9 Å². The Bertz CT molecular complexity index is 631. The number of nitrogens with zero attached hydrogens (tertiary/aromatic N) is 4. The van der Waals surface area contributed by atoms with E-state index in [4.69, 9.17) is 0 Å². The second kappa shape index (κ2) is 6.93. The number of hydrogen-bond donors (Lipinski definition) is 1. The van der Waals surface area contributed by atoms with E-state index in [1.165, 1.54) is 11.8 Å². The second-order valence-corrected chi connectivity index (χ2v) is 6.38. The maximum absolute atomic E-state index is 11.0. The number of carbonyl (C=O) groups excluding carboxylic acids is 1. The summed E-state index contributed by atoms with van der Waals surface area (Å²) >= 11 is 1.68. The van der Waals surface area contributed by atoms with Crippen molar-refractivity contribution in [1.82, 2.24) is 25.2 Å². The summed E-state index contributed by atoms with van der Waals surface area (Å²) in [6.07, 6.45) is 5.93. The summed E-state index contributed by atoms with van der Waals surface area (Å²) in [6, 6.07) is 2.10. The lowest BCUT2D eigenvalue weighted by Gasteiger charge is -2.22. The molecule has 1 N–H and O–H groups in total. The molecule has 1 saturated heterocycles. The first-order valence-corrected chi connectivity index (χ1v) is 8.28. The Kier molecular flexibility index (Phi) is 4.74. The van der Waals surface area contributed by atoms with Gasteiger partial charge in [0.25, 0.3) is 0 Å². The fraction of sp³-hybridized carbons (Fsp3) is 0.467. The van der Waals surface area contributed by atoms with Crippen LogP contribution in [0.4, 0.5) is 0 Å². The fourth-order valence-corrected chi connectivity index (χ4v) is 3.33. The molecule has 7 heteroatoms. The molecular weight excluding hydrogens is 298 g/mol. The normalized spacial score (nSPS) is 18.5. The molecule has 1 amide bonds. The average molecular weight is 317 g/mol. The summed E-state index contributed by atoms with van der Waals surface area (Å²) in [7, 11) is 0. The van der Waals surface area contributed by atoms with Crippen molar-refractivity contribution in [1.29, 1.82) is 0 Å². The van der Waals surface area contributed by atoms with Crippen LogP contribution in [0.15, 0.2) is 24.0 Å². The molecular formula is C15H19N5OS. The van der Waals surface area contributed by atoms with Gasteiger partial charge in [0.1, 0.15) is 5.82 Å². The largest absolute Gasteiger partial charge is 0.351 e. The van der Waals surface area contributed by atoms with Gasteiger partial charge in [-0.3, -0.25) is 14.7 Å². The van der Waals surface area contributed by atoms with Crippen LogP contribution in [0.1, 0.15) is 42.2 Å². The van der Waals surface area contributed by atoms with Gasteiger partial charge in [0.2, 0.25) is 5.91 Å². The molecule has 2 aromatic rings. The second-order valence-electron chi connectivity index (χ2n) is 5.41. The molecule has 1 aliphatic rings. The van der Waals surface area contributed by atoms with Crippen LogP contribution in [0.2, 0.25) is 0 Å². The minimum Gasteiger partial charge on any atom is -0.351 e. The highest BCUT2D eigenvalue weighted by Crippen LogP contribution is 2.31. The number of nitrogens with one attached hydrogen (secondary N) is 1. The summed E-state index contributed by atoms with van der Waals surface area (Å²) < 4.78 is 0. The third kappa shape index (κ3) is 3.66. The highest BCUT2D eigenvalue weighted by Gasteiger charge is 2.28. The molecule has 1 atom stereocenters. The van der Waals surface area contributed by atoms with Gasteiger partial charge >= 0.3 is 0 Å². The van der Waals surface area contributed by atoms with E-state index >= 15 is 0 Å². The van der Waals surface area contributed by atoms with Gasteiger partial charge < -0.3 is 5.32 Å². The third-order valence-corrected chi connectivity index (χ3v) is 4.52. The smallest absolute Gasteiger partial charge is 0.217 e. The SMILES string of the molecule is CC(=O)NCc1ccnc(C2CCCN2Cc2cncs2)n1. The number of rotatable bonds is 5. The van der Waals surface area contributed by atoms with Crippen molar-refractivity contribution in [3.8, 4) is 0 Å². The van der Waals surface area contributed by atoms with Crippen molar-refractivity contribution in [3.63, 3.8) is 0 Å². The Balaban J connectivity index is 1.71. The lowest BCUT2D eigenvalue weighted by atomic mass is 10.2. The molecule has 22 heavy (non-hydrogen) atoms. The van der Waals surface area contributed by atoms with Crippen LogP contribution in [0.5, 0.6) is 0 Å². The number of likely N-dealkylation sites (tertiary alicyclic amines) is 1. The van der Waals surface area contributed by atoms with Crippen LogP contribution in [0.3, 0.4) is 0 Å². The molecule has 2 aromatic heterocycles. The zero-order valence-electron chi connectivity index (χ0n) is 12.5. The first kappa shape index (κ1) is 15.1. The van der Waals surface area contributed by atoms with Crippen molar-refractivity contribution >= 4 is 17.2 Å². The third-order valence-electron chi connectivity index (χ3n) is 3.75. The first-order chi connectivity index (χ1) is 10.7. The summed E-state index contributed by atoms with van der Waals surface area (Å²) in [4.78, 5) is 27.9. The van der Waals surface area contributed by atoms with Crippen LogP contribution in [0.25, 0.3) is 0 Å². The Morgan fingerprint density at radius 2 is 2.45 bits per heavy atom. The minimum absolute atomic E-state index is 0.0483. The lowest BCUT2D eigenvalue weighted by Crippen LogP contribution is -2.25.